The van der Waals surface area contributed by atoms with Gasteiger partial charge >= 0.3 is 37.9 Å². The zero-order chi connectivity index (χ0) is 31.5. The number of hydrogen-bond acceptors (Lipinski definition) is 0. The van der Waals surface area contributed by atoms with Gasteiger partial charge in [0.05, 0.1) is 0 Å². The molecular weight excluding hydrogens is 659 g/mol. The number of fused-ring (bicyclic) bond motifs is 2. The average molecular weight is 702 g/mol. The van der Waals surface area contributed by atoms with Gasteiger partial charge in [-0.25, -0.2) is 0 Å². The normalized spacial score (nSPS) is 10.1. The van der Waals surface area contributed by atoms with Crippen LogP contribution in [0.4, 0.5) is 0 Å². The van der Waals surface area contributed by atoms with E-state index >= 15 is 0 Å². The van der Waals surface area contributed by atoms with E-state index in [1.165, 1.54) is 50.2 Å². The Labute approximate surface area is 281 Å². The van der Waals surface area contributed by atoms with Crippen LogP contribution in [0.25, 0.3) is 32.7 Å². The Balaban J connectivity index is 0.000000249. The van der Waals surface area contributed by atoms with E-state index in [1.807, 2.05) is 30.3 Å². The van der Waals surface area contributed by atoms with Crippen molar-refractivity contribution in [2.45, 2.75) is 59.0 Å². The molecule has 0 spiro atoms. The third kappa shape index (κ3) is 13.1. The van der Waals surface area contributed by atoms with Crippen molar-refractivity contribution in [2.24, 2.45) is 0 Å². The van der Waals surface area contributed by atoms with E-state index in [-0.39, 0.29) is 5.41 Å². The fourth-order valence-corrected chi connectivity index (χ4v) is 4.54. The molecule has 0 amide bonds. The molecule has 6 rings (SSSR count). The molecule has 2 radical (unpaired) electrons. The van der Waals surface area contributed by atoms with Gasteiger partial charge in [0.1, 0.15) is 0 Å². The van der Waals surface area contributed by atoms with Gasteiger partial charge in [-0.15, -0.1) is 64.2 Å². The number of benzene rings is 4. The molecule has 0 fully saturated rings. The Morgan fingerprint density at radius 1 is 0.791 bits per heavy atom. The number of aryl methyl sites for hydroxylation is 1. The standard InChI is InChI=1S/C22H25.C9H7.C6H5.C2H6Si.2ClH.Zr/c1-5-7-16-14-18-8-6-9-20(21(18)15-16)17-10-12-19(13-11-17)22(2,3)4;1-2-5-9-7-3-6-8(9)4-1;1-2-4-6-5-3-1;1-3-2;;;/h6,8-15H,5,7H2,1-4H3;1-7H;1-5H;1-2H3;2*1H;/q3*-1;;;;+2/p-2. The van der Waals surface area contributed by atoms with E-state index in [0.29, 0.717) is 0 Å². The summed E-state index contributed by atoms with van der Waals surface area (Å²) in [6.07, 6.45) is 2.36. The van der Waals surface area contributed by atoms with Gasteiger partial charge in [0.2, 0.25) is 0 Å². The van der Waals surface area contributed by atoms with Crippen LogP contribution in [-0.2, 0) is 32.7 Å². The third-order valence-corrected chi connectivity index (χ3v) is 6.57. The zero-order valence-electron chi connectivity index (χ0n) is 26.3. The molecule has 0 atom stereocenters. The van der Waals surface area contributed by atoms with E-state index in [0.717, 1.165) is 15.9 Å². The van der Waals surface area contributed by atoms with Crippen LogP contribution in [0.15, 0.2) is 127 Å². The van der Waals surface area contributed by atoms with Crippen molar-refractivity contribution in [3.8, 4) is 11.1 Å². The summed E-state index contributed by atoms with van der Waals surface area (Å²) < 4.78 is 0. The Hall–Kier alpha value is -2.22. The second-order valence-electron chi connectivity index (χ2n) is 11.1. The first-order chi connectivity index (χ1) is 20.8. The molecule has 0 heterocycles. The molecule has 224 valence electrons. The maximum Gasteiger partial charge on any atom is -0.0809 e. The van der Waals surface area contributed by atoms with Gasteiger partial charge in [-0.1, -0.05) is 89.2 Å². The number of halogens is 2. The maximum absolute atomic E-state index is 4.93. The van der Waals surface area contributed by atoms with E-state index in [1.54, 1.807) is 0 Å². The minimum Gasteiger partial charge on any atom is -0.184 e. The quantitative estimate of drug-likeness (QED) is 0.127. The van der Waals surface area contributed by atoms with Crippen molar-refractivity contribution in [1.29, 1.82) is 0 Å². The summed E-state index contributed by atoms with van der Waals surface area (Å²) in [6.45, 7) is 13.3. The first-order valence-electron chi connectivity index (χ1n) is 14.6. The van der Waals surface area contributed by atoms with Crippen LogP contribution in [0.2, 0.25) is 13.1 Å². The molecule has 0 saturated heterocycles. The molecule has 43 heavy (non-hydrogen) atoms. The van der Waals surface area contributed by atoms with Crippen molar-refractivity contribution >= 4 is 48.1 Å². The van der Waals surface area contributed by atoms with Crippen molar-refractivity contribution < 1.29 is 20.8 Å². The van der Waals surface area contributed by atoms with E-state index in [9.17, 15) is 0 Å². The first kappa shape index (κ1) is 37.0. The van der Waals surface area contributed by atoms with Crippen LogP contribution in [0, 0.1) is 6.07 Å². The topological polar surface area (TPSA) is 0 Å². The zero-order valence-corrected chi connectivity index (χ0v) is 31.3. The molecule has 0 aliphatic carbocycles. The minimum atomic E-state index is -0.826. The molecule has 0 unspecified atom stereocenters. The Bertz CT molecular complexity index is 1480. The Morgan fingerprint density at radius 2 is 1.42 bits per heavy atom. The smallest absolute Gasteiger partial charge is 0.0809 e. The van der Waals surface area contributed by atoms with E-state index < -0.39 is 20.8 Å². The van der Waals surface area contributed by atoms with Gasteiger partial charge in [0.15, 0.2) is 0 Å². The van der Waals surface area contributed by atoms with Crippen LogP contribution in [0.3, 0.4) is 0 Å². The van der Waals surface area contributed by atoms with E-state index in [4.69, 9.17) is 17.0 Å². The summed E-state index contributed by atoms with van der Waals surface area (Å²) >= 11 is -0.826. The van der Waals surface area contributed by atoms with E-state index in [2.05, 4.69) is 144 Å². The summed E-state index contributed by atoms with van der Waals surface area (Å²) in [6, 6.07) is 47.6. The molecule has 0 aliphatic rings. The predicted octanol–water partition coefficient (Wildman–Crippen LogP) is 12.7. The summed E-state index contributed by atoms with van der Waals surface area (Å²) in [4.78, 5) is 0. The molecule has 0 aromatic heterocycles. The molecule has 6 aromatic rings. The fraction of sp³-hybridized carbons (Fsp3) is 0.231. The SMILES string of the molecule is CCCc1cc2c(-c3ccc(C(C)(C)C)cc3)cccc2[cH-]1.C[Si]C.[Cl][Zr][Cl].[c-]1ccccc1.c1ccc2[cH-]ccc2c1. The van der Waals surface area contributed by atoms with Gasteiger partial charge < -0.3 is 0 Å². The van der Waals surface area contributed by atoms with Crippen LogP contribution < -0.4 is 0 Å². The van der Waals surface area contributed by atoms with Crippen molar-refractivity contribution in [3.63, 3.8) is 0 Å². The van der Waals surface area contributed by atoms with Crippen LogP contribution >= 0.6 is 17.0 Å². The van der Waals surface area contributed by atoms with Crippen molar-refractivity contribution in [1.82, 2.24) is 0 Å². The molecule has 0 aliphatic heterocycles. The molecule has 0 nitrogen and oxygen atoms in total. The van der Waals surface area contributed by atoms with Crippen molar-refractivity contribution in [3.05, 3.63) is 145 Å². The minimum absolute atomic E-state index is 0.207. The van der Waals surface area contributed by atoms with Crippen molar-refractivity contribution in [2.75, 3.05) is 0 Å². The fourth-order valence-electron chi connectivity index (χ4n) is 4.54. The number of rotatable bonds is 3. The summed E-state index contributed by atoms with van der Waals surface area (Å²) in [5.74, 6) is 0. The van der Waals surface area contributed by atoms with Gasteiger partial charge in [-0.2, -0.15) is 60.0 Å². The summed E-state index contributed by atoms with van der Waals surface area (Å²) in [7, 11) is 11.0. The summed E-state index contributed by atoms with van der Waals surface area (Å²) in [5, 5.41) is 5.41. The third-order valence-electron chi connectivity index (χ3n) is 6.57. The number of hydrogen-bond donors (Lipinski definition) is 0. The molecule has 6 aromatic carbocycles. The van der Waals surface area contributed by atoms with Gasteiger partial charge in [0.25, 0.3) is 0 Å². The molecular formula is C39H43Cl2SiZr-3. The molecule has 0 bridgehead atoms. The maximum atomic E-state index is 4.93. The second-order valence-corrected chi connectivity index (χ2v) is 15.8. The predicted molar refractivity (Wildman–Crippen MR) is 192 cm³/mol. The van der Waals surface area contributed by atoms with Crippen LogP contribution in [0.1, 0.15) is 45.2 Å². The Morgan fingerprint density at radius 3 is 1.95 bits per heavy atom. The largest absolute Gasteiger partial charge is 0.184 e. The second kappa shape index (κ2) is 20.7. The van der Waals surface area contributed by atoms with Gasteiger partial charge in [-0.05, 0) is 23.0 Å². The first-order valence-corrected chi connectivity index (χ1v) is 23.0. The van der Waals surface area contributed by atoms with Gasteiger partial charge in [-0.3, -0.25) is 0 Å². The Kier molecular flexibility index (Phi) is 17.8. The van der Waals surface area contributed by atoms with Crippen LogP contribution in [-0.4, -0.2) is 9.52 Å². The monoisotopic (exact) mass is 699 g/mol. The van der Waals surface area contributed by atoms with Gasteiger partial charge in [0, 0.05) is 9.52 Å². The molecule has 0 N–H and O–H groups in total. The summed E-state index contributed by atoms with van der Waals surface area (Å²) in [5.41, 5.74) is 5.71. The van der Waals surface area contributed by atoms with Crippen LogP contribution in [0.5, 0.6) is 0 Å². The molecule has 4 heteroatoms. The average Bonchev–Trinajstić information content (AvgIpc) is 3.66. The molecule has 0 saturated carbocycles.